The number of rotatable bonds is 4. The molecule has 1 heterocycles. The smallest absolute Gasteiger partial charge is 0.149 e. The fourth-order valence-corrected chi connectivity index (χ4v) is 0.901. The summed E-state index contributed by atoms with van der Waals surface area (Å²) in [5.74, 6) is 0.780. The van der Waals surface area contributed by atoms with Crippen LogP contribution < -0.4 is 0 Å². The molecule has 0 saturated carbocycles. The summed E-state index contributed by atoms with van der Waals surface area (Å²) in [6.45, 7) is 6.67. The predicted octanol–water partition coefficient (Wildman–Crippen LogP) is 1.53. The van der Waals surface area contributed by atoms with Crippen molar-refractivity contribution in [3.05, 3.63) is 12.2 Å². The van der Waals surface area contributed by atoms with E-state index in [9.17, 15) is 0 Å². The van der Waals surface area contributed by atoms with Gasteiger partial charge in [0.25, 0.3) is 0 Å². The Hall–Kier alpha value is -0.900. The van der Waals surface area contributed by atoms with Gasteiger partial charge in [0.1, 0.15) is 18.4 Å². The summed E-state index contributed by atoms with van der Waals surface area (Å²) in [6, 6.07) is 0. The molecule has 0 aliphatic rings. The van der Waals surface area contributed by atoms with Crippen LogP contribution in [0.3, 0.4) is 0 Å². The van der Waals surface area contributed by atoms with Crippen LogP contribution in [0.5, 0.6) is 0 Å². The largest absolute Gasteiger partial charge is 0.357 e. The first-order valence-corrected chi connectivity index (χ1v) is 4.23. The van der Waals surface area contributed by atoms with E-state index in [1.807, 2.05) is 13.8 Å². The third kappa shape index (κ3) is 2.30. The molecule has 0 bridgehead atoms. The number of hydrogen-bond donors (Lipinski definition) is 0. The summed E-state index contributed by atoms with van der Waals surface area (Å²) < 4.78 is 7.18. The zero-order valence-corrected chi connectivity index (χ0v) is 7.82. The minimum Gasteiger partial charge on any atom is -0.357 e. The molecule has 1 unspecified atom stereocenters. The van der Waals surface area contributed by atoms with Crippen LogP contribution in [0.4, 0.5) is 0 Å². The van der Waals surface area contributed by atoms with Gasteiger partial charge in [0.05, 0.1) is 0 Å². The second kappa shape index (κ2) is 4.21. The Balaban J connectivity index is 2.47. The maximum Gasteiger partial charge on any atom is 0.149 e. The van der Waals surface area contributed by atoms with E-state index in [-0.39, 0.29) is 6.23 Å². The maximum absolute atomic E-state index is 5.45. The highest BCUT2D eigenvalue weighted by atomic mass is 16.5. The summed E-state index contributed by atoms with van der Waals surface area (Å²) in [5, 5.41) is 4.14. The minimum atomic E-state index is -0.00819. The molecule has 68 valence electrons. The second-order valence-electron chi connectivity index (χ2n) is 2.74. The molecule has 0 fully saturated rings. The average Bonchev–Trinajstić information content (AvgIpc) is 2.47. The Morgan fingerprint density at radius 3 is 2.92 bits per heavy atom. The van der Waals surface area contributed by atoms with Crippen LogP contribution in [0.15, 0.2) is 6.33 Å². The molecule has 1 aromatic heterocycles. The number of ether oxygens (including phenoxy) is 1. The van der Waals surface area contributed by atoms with Gasteiger partial charge in [-0.15, -0.1) is 0 Å². The van der Waals surface area contributed by atoms with E-state index < -0.39 is 0 Å². The molecule has 0 aromatic carbocycles. The molecule has 0 amide bonds. The summed E-state index contributed by atoms with van der Waals surface area (Å²) in [5.41, 5.74) is 0. The third-order valence-corrected chi connectivity index (χ3v) is 1.56. The van der Waals surface area contributed by atoms with Crippen molar-refractivity contribution >= 4 is 0 Å². The van der Waals surface area contributed by atoms with Gasteiger partial charge in [0.2, 0.25) is 0 Å². The fraction of sp³-hybridized carbons (Fsp3) is 0.750. The Morgan fingerprint density at radius 2 is 2.42 bits per heavy atom. The van der Waals surface area contributed by atoms with E-state index in [1.165, 1.54) is 0 Å². The van der Waals surface area contributed by atoms with Crippen molar-refractivity contribution in [2.75, 3.05) is 6.61 Å². The van der Waals surface area contributed by atoms with Crippen LogP contribution in [-0.2, 0) is 4.74 Å². The molecule has 1 rings (SSSR count). The van der Waals surface area contributed by atoms with Crippen molar-refractivity contribution in [1.29, 1.82) is 0 Å². The van der Waals surface area contributed by atoms with Gasteiger partial charge in [-0.05, 0) is 20.3 Å². The van der Waals surface area contributed by atoms with Crippen molar-refractivity contribution in [2.45, 2.75) is 33.4 Å². The molecule has 1 aromatic rings. The van der Waals surface area contributed by atoms with Crippen LogP contribution in [0.25, 0.3) is 0 Å². The lowest BCUT2D eigenvalue weighted by molar-refractivity contribution is 0.00784. The molecule has 0 N–H and O–H groups in total. The van der Waals surface area contributed by atoms with Gasteiger partial charge in [0, 0.05) is 6.61 Å². The Morgan fingerprint density at radius 1 is 1.67 bits per heavy atom. The van der Waals surface area contributed by atoms with Crippen molar-refractivity contribution in [2.24, 2.45) is 0 Å². The van der Waals surface area contributed by atoms with Gasteiger partial charge < -0.3 is 4.74 Å². The molecule has 4 heteroatoms. The van der Waals surface area contributed by atoms with Crippen LogP contribution in [0.1, 0.15) is 32.3 Å². The van der Waals surface area contributed by atoms with Gasteiger partial charge in [-0.1, -0.05) is 6.92 Å². The summed E-state index contributed by atoms with van der Waals surface area (Å²) in [6.07, 6.45) is 2.71. The third-order valence-electron chi connectivity index (χ3n) is 1.56. The number of aromatic nitrogens is 3. The van der Waals surface area contributed by atoms with E-state index in [1.54, 1.807) is 11.0 Å². The molecular formula is C8H15N3O. The lowest BCUT2D eigenvalue weighted by atomic mass is 10.5. The highest BCUT2D eigenvalue weighted by molar-refractivity contribution is 4.75. The van der Waals surface area contributed by atoms with Gasteiger partial charge in [0.15, 0.2) is 0 Å². The number of nitrogens with zero attached hydrogens (tertiary/aromatic N) is 3. The van der Waals surface area contributed by atoms with Crippen LogP contribution >= 0.6 is 0 Å². The Kier molecular flexibility index (Phi) is 3.22. The molecule has 0 radical (unpaired) electrons. The molecule has 0 spiro atoms. The molecule has 0 aliphatic heterocycles. The van der Waals surface area contributed by atoms with Gasteiger partial charge >= 0.3 is 0 Å². The molecule has 12 heavy (non-hydrogen) atoms. The first kappa shape index (κ1) is 9.19. The maximum atomic E-state index is 5.45. The van der Waals surface area contributed by atoms with Crippen LogP contribution in [0.2, 0.25) is 0 Å². The Labute approximate surface area is 72.6 Å². The summed E-state index contributed by atoms with van der Waals surface area (Å²) >= 11 is 0. The quantitative estimate of drug-likeness (QED) is 0.686. The first-order valence-electron chi connectivity index (χ1n) is 4.23. The lowest BCUT2D eigenvalue weighted by Crippen LogP contribution is -2.10. The van der Waals surface area contributed by atoms with Gasteiger partial charge in [-0.2, -0.15) is 5.10 Å². The predicted molar refractivity (Wildman–Crippen MR) is 45.7 cm³/mol. The monoisotopic (exact) mass is 169 g/mol. The molecule has 1 atom stereocenters. The minimum absolute atomic E-state index is 0.00819. The average molecular weight is 169 g/mol. The second-order valence-corrected chi connectivity index (χ2v) is 2.74. The summed E-state index contributed by atoms with van der Waals surface area (Å²) in [4.78, 5) is 4.02. The highest BCUT2D eigenvalue weighted by Gasteiger charge is 2.04. The molecule has 0 aliphatic carbocycles. The lowest BCUT2D eigenvalue weighted by Gasteiger charge is -2.11. The van der Waals surface area contributed by atoms with E-state index in [0.717, 1.165) is 18.9 Å². The summed E-state index contributed by atoms with van der Waals surface area (Å²) in [7, 11) is 0. The normalized spacial score (nSPS) is 13.2. The topological polar surface area (TPSA) is 39.9 Å². The highest BCUT2D eigenvalue weighted by Crippen LogP contribution is 2.05. The zero-order chi connectivity index (χ0) is 8.97. The van der Waals surface area contributed by atoms with Gasteiger partial charge in [-0.25, -0.2) is 9.67 Å². The molecular weight excluding hydrogens is 154 g/mol. The van der Waals surface area contributed by atoms with Crippen LogP contribution in [0, 0.1) is 6.92 Å². The van der Waals surface area contributed by atoms with Crippen molar-refractivity contribution in [3.8, 4) is 0 Å². The molecule has 0 saturated heterocycles. The first-order chi connectivity index (χ1) is 5.74. The zero-order valence-electron chi connectivity index (χ0n) is 7.82. The van der Waals surface area contributed by atoms with Gasteiger partial charge in [-0.3, -0.25) is 0 Å². The SMILES string of the molecule is CCCOC(C)n1cnc(C)n1. The van der Waals surface area contributed by atoms with E-state index in [4.69, 9.17) is 4.74 Å². The Bertz CT molecular complexity index is 234. The van der Waals surface area contributed by atoms with E-state index in [0.29, 0.717) is 0 Å². The van der Waals surface area contributed by atoms with E-state index in [2.05, 4.69) is 17.0 Å². The van der Waals surface area contributed by atoms with Crippen molar-refractivity contribution in [1.82, 2.24) is 14.8 Å². The van der Waals surface area contributed by atoms with Crippen molar-refractivity contribution < 1.29 is 4.74 Å². The molecule has 4 nitrogen and oxygen atoms in total. The van der Waals surface area contributed by atoms with Crippen molar-refractivity contribution in [3.63, 3.8) is 0 Å². The number of aryl methyl sites for hydroxylation is 1. The number of hydrogen-bond acceptors (Lipinski definition) is 3. The standard InChI is InChI=1S/C8H15N3O/c1-4-5-12-8(3)11-6-9-7(2)10-11/h6,8H,4-5H2,1-3H3. The van der Waals surface area contributed by atoms with Crippen LogP contribution in [-0.4, -0.2) is 21.4 Å². The fourth-order valence-electron chi connectivity index (χ4n) is 0.901. The van der Waals surface area contributed by atoms with E-state index >= 15 is 0 Å².